The third-order valence-corrected chi connectivity index (χ3v) is 5.84. The van der Waals surface area contributed by atoms with E-state index in [1.165, 1.54) is 20.6 Å². The van der Waals surface area contributed by atoms with Crippen LogP contribution in [0.5, 0.6) is 0 Å². The van der Waals surface area contributed by atoms with E-state index in [9.17, 15) is 9.59 Å². The Morgan fingerprint density at radius 2 is 1.74 bits per heavy atom. The quantitative estimate of drug-likeness (QED) is 0.414. The van der Waals surface area contributed by atoms with Gasteiger partial charge in [0, 0.05) is 11.4 Å². The molecule has 1 aliphatic carbocycles. The van der Waals surface area contributed by atoms with E-state index in [-0.39, 0.29) is 34.0 Å². The molecule has 2 heterocycles. The Labute approximate surface area is 184 Å². The van der Waals surface area contributed by atoms with Crippen molar-refractivity contribution in [2.45, 2.75) is 38.1 Å². The lowest BCUT2D eigenvalue weighted by Crippen LogP contribution is -2.23. The average Bonchev–Trinajstić information content (AvgIpc) is 3.16. The van der Waals surface area contributed by atoms with Crippen LogP contribution in [0.25, 0.3) is 22.2 Å². The smallest absolute Gasteiger partial charge is 0.344 e. The van der Waals surface area contributed by atoms with Gasteiger partial charge in [-0.15, -0.1) is 0 Å². The van der Waals surface area contributed by atoms with E-state index < -0.39 is 11.9 Å². The second kappa shape index (κ2) is 8.98. The number of ether oxygens (including phenoxy) is 2. The number of carbonyl (C=O) groups excluding carboxylic acids is 2. The van der Waals surface area contributed by atoms with Crippen LogP contribution in [-0.4, -0.2) is 37.2 Å². The van der Waals surface area contributed by atoms with Gasteiger partial charge >= 0.3 is 11.9 Å². The van der Waals surface area contributed by atoms with Gasteiger partial charge < -0.3 is 19.2 Å². The summed E-state index contributed by atoms with van der Waals surface area (Å²) in [7, 11) is 2.50. The van der Waals surface area contributed by atoms with E-state index in [1.807, 2.05) is 24.3 Å². The summed E-state index contributed by atoms with van der Waals surface area (Å²) in [4.78, 5) is 29.8. The highest BCUT2D eigenvalue weighted by Crippen LogP contribution is 2.40. The van der Waals surface area contributed by atoms with Crippen molar-refractivity contribution in [1.29, 1.82) is 0 Å². The molecule has 3 aromatic rings. The van der Waals surface area contributed by atoms with E-state index in [0.717, 1.165) is 31.1 Å². The molecule has 8 heteroatoms. The number of rotatable bonds is 5. The number of hydrogen-bond acceptors (Lipinski definition) is 7. The molecule has 7 nitrogen and oxygen atoms in total. The van der Waals surface area contributed by atoms with Crippen molar-refractivity contribution in [1.82, 2.24) is 4.98 Å². The van der Waals surface area contributed by atoms with E-state index in [2.05, 4.69) is 10.3 Å². The first-order valence-corrected chi connectivity index (χ1v) is 10.6. The molecule has 2 aromatic heterocycles. The number of halogens is 1. The summed E-state index contributed by atoms with van der Waals surface area (Å²) in [6.45, 7) is 0. The number of para-hydroxylation sites is 1. The predicted octanol–water partition coefficient (Wildman–Crippen LogP) is 5.47. The highest BCUT2D eigenvalue weighted by atomic mass is 35.5. The number of nitrogens with zero attached hydrogens (tertiary/aromatic N) is 1. The first-order chi connectivity index (χ1) is 15.0. The number of furan rings is 1. The molecule has 1 aliphatic rings. The van der Waals surface area contributed by atoms with Crippen molar-refractivity contribution in [3.63, 3.8) is 0 Å². The maximum absolute atomic E-state index is 12.7. The zero-order valence-corrected chi connectivity index (χ0v) is 18.1. The van der Waals surface area contributed by atoms with Crippen LogP contribution in [0.2, 0.25) is 5.15 Å². The molecule has 0 atom stereocenters. The summed E-state index contributed by atoms with van der Waals surface area (Å²) in [5, 5.41) is 4.26. The number of esters is 2. The number of methoxy groups -OCH3 is 2. The number of carbonyl (C=O) groups is 2. The number of pyridine rings is 1. The van der Waals surface area contributed by atoms with Crippen molar-refractivity contribution >= 4 is 40.3 Å². The van der Waals surface area contributed by atoms with Crippen molar-refractivity contribution < 1.29 is 23.5 Å². The van der Waals surface area contributed by atoms with Gasteiger partial charge in [-0.1, -0.05) is 49.1 Å². The molecule has 1 fully saturated rings. The van der Waals surface area contributed by atoms with Crippen LogP contribution in [0.3, 0.4) is 0 Å². The molecule has 4 rings (SSSR count). The lowest BCUT2D eigenvalue weighted by Gasteiger charge is -2.22. The normalized spacial score (nSPS) is 14.4. The number of anilines is 1. The van der Waals surface area contributed by atoms with Crippen molar-refractivity contribution in [3.8, 4) is 11.3 Å². The monoisotopic (exact) mass is 442 g/mol. The molecule has 162 valence electrons. The number of aromatic nitrogens is 1. The zero-order chi connectivity index (χ0) is 22.0. The molecule has 31 heavy (non-hydrogen) atoms. The molecule has 1 N–H and O–H groups in total. The van der Waals surface area contributed by atoms with Crippen LogP contribution < -0.4 is 5.32 Å². The van der Waals surface area contributed by atoms with Gasteiger partial charge in [-0.3, -0.25) is 0 Å². The predicted molar refractivity (Wildman–Crippen MR) is 118 cm³/mol. The summed E-state index contributed by atoms with van der Waals surface area (Å²) in [6, 6.07) is 9.37. The second-order valence-electron chi connectivity index (χ2n) is 7.49. The Morgan fingerprint density at radius 3 is 2.45 bits per heavy atom. The van der Waals surface area contributed by atoms with Gasteiger partial charge in [0.25, 0.3) is 0 Å². The van der Waals surface area contributed by atoms with E-state index in [4.69, 9.17) is 25.5 Å². The van der Waals surface area contributed by atoms with Crippen LogP contribution >= 0.6 is 11.6 Å². The summed E-state index contributed by atoms with van der Waals surface area (Å²) >= 11 is 6.46. The maximum Gasteiger partial charge on any atom is 0.344 e. The molecular formula is C23H23ClN2O5. The van der Waals surface area contributed by atoms with Gasteiger partial charge in [-0.25, -0.2) is 14.6 Å². The Morgan fingerprint density at radius 1 is 1.06 bits per heavy atom. The van der Waals surface area contributed by atoms with Gasteiger partial charge in [-0.2, -0.15) is 0 Å². The highest BCUT2D eigenvalue weighted by molar-refractivity contribution is 6.33. The summed E-state index contributed by atoms with van der Waals surface area (Å²) in [5.74, 6) is -1.12. The lowest BCUT2D eigenvalue weighted by molar-refractivity contribution is 0.0558. The fourth-order valence-corrected chi connectivity index (χ4v) is 4.23. The van der Waals surface area contributed by atoms with Crippen LogP contribution in [0.15, 0.2) is 34.7 Å². The lowest BCUT2D eigenvalue weighted by atomic mass is 9.95. The van der Waals surface area contributed by atoms with E-state index in [1.54, 1.807) is 6.07 Å². The Balaban J connectivity index is 1.91. The number of nitrogens with one attached hydrogen (secondary N) is 1. The van der Waals surface area contributed by atoms with Gasteiger partial charge in [0.15, 0.2) is 5.76 Å². The fourth-order valence-electron chi connectivity index (χ4n) is 4.00. The summed E-state index contributed by atoms with van der Waals surface area (Å²) in [5.41, 5.74) is 1.06. The Hall–Kier alpha value is -3.06. The SMILES string of the molecule is COC(=O)c1c(NC2CCCCC2)oc(-c2cc3ccccc3nc2Cl)c1C(=O)OC. The van der Waals surface area contributed by atoms with Crippen LogP contribution in [0.4, 0.5) is 5.88 Å². The number of benzene rings is 1. The molecular weight excluding hydrogens is 420 g/mol. The maximum atomic E-state index is 12.7. The van der Waals surface area contributed by atoms with Crippen molar-refractivity contribution in [2.24, 2.45) is 0 Å². The third-order valence-electron chi connectivity index (χ3n) is 5.55. The summed E-state index contributed by atoms with van der Waals surface area (Å²) < 4.78 is 16.0. The Kier molecular flexibility index (Phi) is 6.13. The molecule has 0 saturated heterocycles. The largest absolute Gasteiger partial charge is 0.465 e. The number of fused-ring (bicyclic) bond motifs is 1. The second-order valence-corrected chi connectivity index (χ2v) is 7.85. The first-order valence-electron chi connectivity index (χ1n) is 10.2. The van der Waals surface area contributed by atoms with Gasteiger partial charge in [0.2, 0.25) is 5.88 Å². The molecule has 0 radical (unpaired) electrons. The highest BCUT2D eigenvalue weighted by Gasteiger charge is 2.34. The van der Waals surface area contributed by atoms with E-state index >= 15 is 0 Å². The minimum atomic E-state index is -0.722. The minimum Gasteiger partial charge on any atom is -0.465 e. The Bertz CT molecular complexity index is 1130. The average molecular weight is 443 g/mol. The standard InChI is InChI=1S/C23H23ClN2O5/c1-29-22(27)17-18(23(28)30-2)21(25-14-9-4-3-5-10-14)31-19(17)15-12-13-8-6-7-11-16(13)26-20(15)24/h6-8,11-12,14,25H,3-5,9-10H2,1-2H3. The molecule has 0 unspecified atom stereocenters. The fraction of sp³-hybridized carbons (Fsp3) is 0.348. The molecule has 1 saturated carbocycles. The first kappa shape index (κ1) is 21.2. The van der Waals surface area contributed by atoms with Crippen LogP contribution in [-0.2, 0) is 9.47 Å². The van der Waals surface area contributed by atoms with E-state index in [0.29, 0.717) is 11.1 Å². The molecule has 1 aromatic carbocycles. The van der Waals surface area contributed by atoms with Crippen molar-refractivity contribution in [3.05, 3.63) is 46.6 Å². The van der Waals surface area contributed by atoms with Crippen molar-refractivity contribution in [2.75, 3.05) is 19.5 Å². The van der Waals surface area contributed by atoms with Gasteiger partial charge in [0.1, 0.15) is 16.3 Å². The van der Waals surface area contributed by atoms with Crippen LogP contribution in [0.1, 0.15) is 52.8 Å². The molecule has 0 aliphatic heterocycles. The summed E-state index contributed by atoms with van der Waals surface area (Å²) in [6.07, 6.45) is 5.24. The minimum absolute atomic E-state index is 0.000788. The van der Waals surface area contributed by atoms with Gasteiger partial charge in [-0.05, 0) is 25.0 Å². The topological polar surface area (TPSA) is 90.7 Å². The van der Waals surface area contributed by atoms with Crippen LogP contribution in [0, 0.1) is 0 Å². The molecule has 0 amide bonds. The number of hydrogen-bond donors (Lipinski definition) is 1. The zero-order valence-electron chi connectivity index (χ0n) is 17.4. The van der Waals surface area contributed by atoms with Gasteiger partial charge in [0.05, 0.1) is 25.3 Å². The molecule has 0 spiro atoms. The third kappa shape index (κ3) is 4.10. The molecule has 0 bridgehead atoms.